The van der Waals surface area contributed by atoms with Crippen LogP contribution in [0.3, 0.4) is 0 Å². The van der Waals surface area contributed by atoms with Crippen molar-refractivity contribution in [2.75, 3.05) is 0 Å². The van der Waals surface area contributed by atoms with E-state index in [-0.39, 0.29) is 11.1 Å². The van der Waals surface area contributed by atoms with Gasteiger partial charge in [0.2, 0.25) is 0 Å². The van der Waals surface area contributed by atoms with Crippen molar-refractivity contribution < 1.29 is 9.18 Å². The summed E-state index contributed by atoms with van der Waals surface area (Å²) in [5.41, 5.74) is -0.899. The maximum absolute atomic E-state index is 12.7. The van der Waals surface area contributed by atoms with Crippen molar-refractivity contribution in [2.45, 2.75) is 25.8 Å². The maximum Gasteiger partial charge on any atom is 0.269 e. The van der Waals surface area contributed by atoms with Crippen LogP contribution in [-0.2, 0) is 0 Å². The molecule has 1 aromatic heterocycles. The SMILES string of the molecule is CC1(C)C[C@]1(C#N)NC(=O)c1cc(F)c[nH]1. The van der Waals surface area contributed by atoms with Crippen LogP contribution in [-0.4, -0.2) is 16.4 Å². The second kappa shape index (κ2) is 3.08. The summed E-state index contributed by atoms with van der Waals surface area (Å²) in [6.07, 6.45) is 1.72. The number of nitrogens with zero attached hydrogens (tertiary/aromatic N) is 1. The lowest BCUT2D eigenvalue weighted by Crippen LogP contribution is -2.39. The summed E-state index contributed by atoms with van der Waals surface area (Å²) in [6, 6.07) is 3.22. The summed E-state index contributed by atoms with van der Waals surface area (Å²) in [6.45, 7) is 3.82. The van der Waals surface area contributed by atoms with Gasteiger partial charge >= 0.3 is 0 Å². The Balaban J connectivity index is 2.13. The number of amides is 1. The number of carbonyl (C=O) groups excluding carboxylic acids is 1. The molecule has 0 aliphatic heterocycles. The Bertz CT molecular complexity index is 486. The molecule has 0 saturated heterocycles. The van der Waals surface area contributed by atoms with E-state index in [1.807, 2.05) is 13.8 Å². The zero-order valence-electron chi connectivity index (χ0n) is 9.10. The van der Waals surface area contributed by atoms with Crippen molar-refractivity contribution in [1.82, 2.24) is 10.3 Å². The van der Waals surface area contributed by atoms with Gasteiger partial charge in [0, 0.05) is 17.7 Å². The van der Waals surface area contributed by atoms with Crippen molar-refractivity contribution >= 4 is 5.91 Å². The van der Waals surface area contributed by atoms with Crippen LogP contribution in [0, 0.1) is 22.6 Å². The number of nitriles is 1. The fourth-order valence-electron chi connectivity index (χ4n) is 1.81. The van der Waals surface area contributed by atoms with Crippen molar-refractivity contribution in [2.24, 2.45) is 5.41 Å². The largest absolute Gasteiger partial charge is 0.355 e. The van der Waals surface area contributed by atoms with Gasteiger partial charge in [-0.25, -0.2) is 4.39 Å². The van der Waals surface area contributed by atoms with Gasteiger partial charge in [0.1, 0.15) is 17.1 Å². The molecule has 0 radical (unpaired) electrons. The van der Waals surface area contributed by atoms with Gasteiger partial charge in [-0.15, -0.1) is 0 Å². The number of halogens is 1. The van der Waals surface area contributed by atoms with E-state index in [1.165, 1.54) is 0 Å². The zero-order chi connectivity index (χ0) is 12.0. The number of aromatic nitrogens is 1. The van der Waals surface area contributed by atoms with Crippen LogP contribution in [0.1, 0.15) is 30.8 Å². The fourth-order valence-corrected chi connectivity index (χ4v) is 1.81. The lowest BCUT2D eigenvalue weighted by molar-refractivity contribution is 0.0930. The molecule has 1 atom stereocenters. The van der Waals surface area contributed by atoms with Crippen molar-refractivity contribution in [1.29, 1.82) is 5.26 Å². The Labute approximate surface area is 92.5 Å². The van der Waals surface area contributed by atoms with Crippen LogP contribution >= 0.6 is 0 Å². The van der Waals surface area contributed by atoms with Crippen LogP contribution < -0.4 is 5.32 Å². The van der Waals surface area contributed by atoms with Crippen molar-refractivity contribution in [3.05, 3.63) is 23.8 Å². The molecule has 2 rings (SSSR count). The Kier molecular flexibility index (Phi) is 2.06. The van der Waals surface area contributed by atoms with Gasteiger partial charge in [-0.3, -0.25) is 4.79 Å². The summed E-state index contributed by atoms with van der Waals surface area (Å²) in [7, 11) is 0. The number of hydrogen-bond donors (Lipinski definition) is 2. The van der Waals surface area contributed by atoms with E-state index in [2.05, 4.69) is 16.4 Å². The van der Waals surface area contributed by atoms with Crippen molar-refractivity contribution in [3.8, 4) is 6.07 Å². The van der Waals surface area contributed by atoms with Gasteiger partial charge in [-0.1, -0.05) is 13.8 Å². The predicted octanol–water partition coefficient (Wildman–Crippen LogP) is 1.58. The second-order valence-electron chi connectivity index (χ2n) is 4.76. The van der Waals surface area contributed by atoms with Gasteiger partial charge in [-0.05, 0) is 6.42 Å². The second-order valence-corrected chi connectivity index (χ2v) is 4.76. The van der Waals surface area contributed by atoms with Crippen LogP contribution in [0.25, 0.3) is 0 Å². The molecule has 1 aliphatic carbocycles. The lowest BCUT2D eigenvalue weighted by atomic mass is 10.1. The standard InChI is InChI=1S/C11H12FN3O/c1-10(2)5-11(10,6-13)15-9(16)8-3-7(12)4-14-8/h3-4,14H,5H2,1-2H3,(H,15,16)/t11-/m1/s1. The third-order valence-electron chi connectivity index (χ3n) is 3.15. The first-order valence-electron chi connectivity index (χ1n) is 4.98. The van der Waals surface area contributed by atoms with E-state index in [0.29, 0.717) is 6.42 Å². The molecule has 1 aliphatic rings. The molecule has 0 aromatic carbocycles. The number of carbonyl (C=O) groups is 1. The molecular weight excluding hydrogens is 209 g/mol. The van der Waals surface area contributed by atoms with Crippen molar-refractivity contribution in [3.63, 3.8) is 0 Å². The number of hydrogen-bond acceptors (Lipinski definition) is 2. The molecule has 0 bridgehead atoms. The summed E-state index contributed by atoms with van der Waals surface area (Å²) >= 11 is 0. The topological polar surface area (TPSA) is 68.7 Å². The zero-order valence-corrected chi connectivity index (χ0v) is 9.10. The first-order valence-corrected chi connectivity index (χ1v) is 4.98. The lowest BCUT2D eigenvalue weighted by Gasteiger charge is -2.13. The maximum atomic E-state index is 12.7. The average Bonchev–Trinajstić information content (AvgIpc) is 2.59. The van der Waals surface area contributed by atoms with E-state index >= 15 is 0 Å². The summed E-state index contributed by atoms with van der Waals surface area (Å²) < 4.78 is 12.7. The third kappa shape index (κ3) is 1.47. The molecule has 1 saturated carbocycles. The first-order chi connectivity index (χ1) is 7.40. The number of rotatable bonds is 2. The molecule has 84 valence electrons. The molecule has 5 heteroatoms. The molecule has 0 unspecified atom stereocenters. The Hall–Kier alpha value is -1.83. The normalized spacial score (nSPS) is 25.9. The van der Waals surface area contributed by atoms with Gasteiger partial charge < -0.3 is 10.3 Å². The number of aromatic amines is 1. The smallest absolute Gasteiger partial charge is 0.269 e. The van der Waals surface area contributed by atoms with Gasteiger partial charge in [0.15, 0.2) is 0 Å². The minimum absolute atomic E-state index is 0.134. The molecule has 1 heterocycles. The highest BCUT2D eigenvalue weighted by molar-refractivity contribution is 5.93. The summed E-state index contributed by atoms with van der Waals surface area (Å²) in [5, 5.41) is 11.7. The monoisotopic (exact) mass is 221 g/mol. The molecule has 2 N–H and O–H groups in total. The number of nitrogens with one attached hydrogen (secondary N) is 2. The first kappa shape index (κ1) is 10.7. The Morgan fingerprint density at radius 3 is 2.69 bits per heavy atom. The van der Waals surface area contributed by atoms with E-state index in [9.17, 15) is 9.18 Å². The van der Waals surface area contributed by atoms with Gasteiger partial charge in [0.25, 0.3) is 5.91 Å². The highest BCUT2D eigenvalue weighted by atomic mass is 19.1. The summed E-state index contributed by atoms with van der Waals surface area (Å²) in [4.78, 5) is 14.2. The van der Waals surface area contributed by atoms with E-state index < -0.39 is 17.3 Å². The van der Waals surface area contributed by atoms with Gasteiger partial charge in [0.05, 0.1) is 6.07 Å². The molecule has 16 heavy (non-hydrogen) atoms. The van der Waals surface area contributed by atoms with E-state index in [1.54, 1.807) is 0 Å². The third-order valence-corrected chi connectivity index (χ3v) is 3.15. The fraction of sp³-hybridized carbons (Fsp3) is 0.455. The van der Waals surface area contributed by atoms with Crippen LogP contribution in [0.4, 0.5) is 4.39 Å². The molecular formula is C11H12FN3O. The molecule has 1 fully saturated rings. The Morgan fingerprint density at radius 2 is 2.31 bits per heavy atom. The quantitative estimate of drug-likeness (QED) is 0.796. The highest BCUT2D eigenvalue weighted by Gasteiger charge is 2.63. The molecule has 0 spiro atoms. The summed E-state index contributed by atoms with van der Waals surface area (Å²) in [5.74, 6) is -0.942. The Morgan fingerprint density at radius 1 is 1.69 bits per heavy atom. The molecule has 1 amide bonds. The molecule has 4 nitrogen and oxygen atoms in total. The number of H-pyrrole nitrogens is 1. The van der Waals surface area contributed by atoms with E-state index in [4.69, 9.17) is 5.26 Å². The predicted molar refractivity (Wildman–Crippen MR) is 55.0 cm³/mol. The average molecular weight is 221 g/mol. The van der Waals surface area contributed by atoms with E-state index in [0.717, 1.165) is 12.3 Å². The minimum Gasteiger partial charge on any atom is -0.355 e. The van der Waals surface area contributed by atoms with Crippen LogP contribution in [0.2, 0.25) is 0 Å². The minimum atomic E-state index is -0.814. The van der Waals surface area contributed by atoms with Crippen LogP contribution in [0.15, 0.2) is 12.3 Å². The van der Waals surface area contributed by atoms with Crippen LogP contribution in [0.5, 0.6) is 0 Å². The van der Waals surface area contributed by atoms with Gasteiger partial charge in [-0.2, -0.15) is 5.26 Å². The molecule has 1 aromatic rings. The highest BCUT2D eigenvalue weighted by Crippen LogP contribution is 2.55.